The number of aliphatic hydroxyl groups excluding tert-OH is 1. The van der Waals surface area contributed by atoms with Gasteiger partial charge in [0.1, 0.15) is 12.6 Å². The SMILES string of the molecule is Cc1cc2c(cc1C)[n+](C)cn2CC(O)COC1CCCCC1. The third-order valence-corrected chi connectivity index (χ3v) is 5.08. The molecule has 4 heteroatoms. The van der Waals surface area contributed by atoms with E-state index < -0.39 is 6.10 Å². The Labute approximate surface area is 138 Å². The fourth-order valence-electron chi connectivity index (χ4n) is 3.54. The van der Waals surface area contributed by atoms with Crippen molar-refractivity contribution in [1.29, 1.82) is 0 Å². The third-order valence-electron chi connectivity index (χ3n) is 5.08. The molecule has 126 valence electrons. The minimum absolute atomic E-state index is 0.348. The minimum atomic E-state index is -0.464. The highest BCUT2D eigenvalue weighted by Gasteiger charge is 2.20. The van der Waals surface area contributed by atoms with Gasteiger partial charge in [0, 0.05) is 0 Å². The smallest absolute Gasteiger partial charge is 0.244 e. The van der Waals surface area contributed by atoms with Gasteiger partial charge in [0.05, 0.1) is 19.8 Å². The van der Waals surface area contributed by atoms with Crippen molar-refractivity contribution in [2.45, 2.75) is 64.7 Å². The molecule has 1 saturated carbocycles. The average molecular weight is 317 g/mol. The second kappa shape index (κ2) is 7.02. The summed E-state index contributed by atoms with van der Waals surface area (Å²) in [7, 11) is 2.05. The van der Waals surface area contributed by atoms with E-state index in [0.717, 1.165) is 12.8 Å². The Balaban J connectivity index is 1.67. The summed E-state index contributed by atoms with van der Waals surface area (Å²) in [6.45, 7) is 5.28. The fourth-order valence-corrected chi connectivity index (χ4v) is 3.54. The molecule has 1 atom stereocenters. The minimum Gasteiger partial charge on any atom is -0.387 e. The average Bonchev–Trinajstić information content (AvgIpc) is 2.82. The number of hydrogen-bond acceptors (Lipinski definition) is 2. The lowest BCUT2D eigenvalue weighted by Gasteiger charge is -2.23. The van der Waals surface area contributed by atoms with Gasteiger partial charge >= 0.3 is 0 Å². The molecule has 0 bridgehead atoms. The number of ether oxygens (including phenoxy) is 1. The molecule has 23 heavy (non-hydrogen) atoms. The van der Waals surface area contributed by atoms with Crippen LogP contribution >= 0.6 is 0 Å². The molecule has 1 heterocycles. The number of aromatic nitrogens is 2. The van der Waals surface area contributed by atoms with Crippen molar-refractivity contribution in [3.05, 3.63) is 29.6 Å². The summed E-state index contributed by atoms with van der Waals surface area (Å²) in [5.41, 5.74) is 4.96. The molecule has 1 fully saturated rings. The third kappa shape index (κ3) is 3.75. The first-order valence-corrected chi connectivity index (χ1v) is 8.80. The van der Waals surface area contributed by atoms with E-state index in [9.17, 15) is 5.11 Å². The molecule has 1 N–H and O–H groups in total. The predicted octanol–water partition coefficient (Wildman–Crippen LogP) is 2.79. The largest absolute Gasteiger partial charge is 0.387 e. The van der Waals surface area contributed by atoms with Crippen molar-refractivity contribution in [3.63, 3.8) is 0 Å². The van der Waals surface area contributed by atoms with Crippen LogP contribution in [-0.4, -0.2) is 28.5 Å². The molecule has 0 radical (unpaired) electrons. The first-order chi connectivity index (χ1) is 11.0. The Morgan fingerprint density at radius 3 is 2.65 bits per heavy atom. The van der Waals surface area contributed by atoms with E-state index in [0.29, 0.717) is 19.3 Å². The maximum atomic E-state index is 10.4. The molecule has 1 aliphatic carbocycles. The Bertz CT molecular complexity index is 672. The van der Waals surface area contributed by atoms with Crippen molar-refractivity contribution in [1.82, 2.24) is 4.57 Å². The second-order valence-corrected chi connectivity index (χ2v) is 7.05. The summed E-state index contributed by atoms with van der Waals surface area (Å²) < 4.78 is 10.2. The van der Waals surface area contributed by atoms with Gasteiger partial charge in [0.15, 0.2) is 11.0 Å². The van der Waals surface area contributed by atoms with E-state index in [-0.39, 0.29) is 0 Å². The molecule has 3 rings (SSSR count). The molecule has 0 aliphatic heterocycles. The van der Waals surface area contributed by atoms with Crippen molar-refractivity contribution in [2.75, 3.05) is 6.61 Å². The molecule has 1 aromatic heterocycles. The second-order valence-electron chi connectivity index (χ2n) is 7.05. The van der Waals surface area contributed by atoms with Crippen LogP contribution in [-0.2, 0) is 18.3 Å². The summed E-state index contributed by atoms with van der Waals surface area (Å²) in [5.74, 6) is 0. The zero-order valence-corrected chi connectivity index (χ0v) is 14.6. The molecular formula is C19H29N2O2+. The van der Waals surface area contributed by atoms with Crippen LogP contribution in [0, 0.1) is 13.8 Å². The number of fused-ring (bicyclic) bond motifs is 1. The van der Waals surface area contributed by atoms with E-state index in [1.54, 1.807) is 0 Å². The lowest BCUT2D eigenvalue weighted by atomic mass is 9.98. The van der Waals surface area contributed by atoms with Crippen LogP contribution in [0.4, 0.5) is 0 Å². The quantitative estimate of drug-likeness (QED) is 0.861. The molecule has 1 unspecified atom stereocenters. The zero-order chi connectivity index (χ0) is 16.4. The number of benzene rings is 1. The van der Waals surface area contributed by atoms with E-state index in [1.165, 1.54) is 41.4 Å². The van der Waals surface area contributed by atoms with Gasteiger partial charge in [0.25, 0.3) is 0 Å². The number of imidazole rings is 1. The zero-order valence-electron chi connectivity index (χ0n) is 14.6. The summed E-state index contributed by atoms with van der Waals surface area (Å²) >= 11 is 0. The highest BCUT2D eigenvalue weighted by molar-refractivity contribution is 5.74. The first kappa shape index (κ1) is 16.5. The Morgan fingerprint density at radius 1 is 1.22 bits per heavy atom. The topological polar surface area (TPSA) is 38.3 Å². The van der Waals surface area contributed by atoms with Gasteiger partial charge in [-0.1, -0.05) is 19.3 Å². The van der Waals surface area contributed by atoms with E-state index >= 15 is 0 Å². The lowest BCUT2D eigenvalue weighted by Crippen LogP contribution is -2.28. The molecule has 0 saturated heterocycles. The van der Waals surface area contributed by atoms with Crippen LogP contribution < -0.4 is 4.57 Å². The van der Waals surface area contributed by atoms with Crippen LogP contribution in [0.5, 0.6) is 0 Å². The summed E-state index contributed by atoms with van der Waals surface area (Å²) in [6, 6.07) is 4.42. The monoisotopic (exact) mass is 317 g/mol. The van der Waals surface area contributed by atoms with Gasteiger partial charge in [-0.25, -0.2) is 9.13 Å². The molecule has 4 nitrogen and oxygen atoms in total. The van der Waals surface area contributed by atoms with Gasteiger partial charge in [-0.3, -0.25) is 0 Å². The number of aryl methyl sites for hydroxylation is 3. The van der Waals surface area contributed by atoms with Crippen LogP contribution in [0.25, 0.3) is 11.0 Å². The van der Waals surface area contributed by atoms with Gasteiger partial charge in [-0.15, -0.1) is 0 Å². The summed E-state index contributed by atoms with van der Waals surface area (Å²) in [6.07, 6.45) is 8.09. The molecule has 2 aromatic rings. The van der Waals surface area contributed by atoms with Crippen molar-refractivity contribution in [3.8, 4) is 0 Å². The van der Waals surface area contributed by atoms with E-state index in [4.69, 9.17) is 4.74 Å². The maximum Gasteiger partial charge on any atom is 0.244 e. The van der Waals surface area contributed by atoms with Gasteiger partial charge < -0.3 is 9.84 Å². The van der Waals surface area contributed by atoms with Crippen molar-refractivity contribution in [2.24, 2.45) is 7.05 Å². The highest BCUT2D eigenvalue weighted by Crippen LogP contribution is 2.21. The lowest BCUT2D eigenvalue weighted by molar-refractivity contribution is -0.645. The maximum absolute atomic E-state index is 10.4. The predicted molar refractivity (Wildman–Crippen MR) is 91.4 cm³/mol. The van der Waals surface area contributed by atoms with Crippen molar-refractivity contribution < 1.29 is 14.4 Å². The molecular weight excluding hydrogens is 288 g/mol. The van der Waals surface area contributed by atoms with E-state index in [1.807, 2.05) is 0 Å². The van der Waals surface area contributed by atoms with Gasteiger partial charge in [-0.05, 0) is 49.9 Å². The highest BCUT2D eigenvalue weighted by atomic mass is 16.5. The van der Waals surface area contributed by atoms with Crippen LogP contribution in [0.1, 0.15) is 43.2 Å². The van der Waals surface area contributed by atoms with Crippen molar-refractivity contribution >= 4 is 11.0 Å². The Kier molecular flexibility index (Phi) is 5.02. The van der Waals surface area contributed by atoms with E-state index in [2.05, 4.69) is 48.5 Å². The number of aliphatic hydroxyl groups is 1. The fraction of sp³-hybridized carbons (Fsp3) is 0.632. The van der Waals surface area contributed by atoms with Crippen LogP contribution in [0.15, 0.2) is 18.5 Å². The molecule has 0 spiro atoms. The molecule has 0 amide bonds. The molecule has 1 aliphatic rings. The number of rotatable bonds is 5. The van der Waals surface area contributed by atoms with Crippen LogP contribution in [0.3, 0.4) is 0 Å². The summed E-state index contributed by atoms with van der Waals surface area (Å²) in [4.78, 5) is 0. The Hall–Kier alpha value is -1.39. The number of hydrogen-bond donors (Lipinski definition) is 1. The number of nitrogens with zero attached hydrogens (tertiary/aromatic N) is 2. The first-order valence-electron chi connectivity index (χ1n) is 8.80. The summed E-state index contributed by atoms with van der Waals surface area (Å²) in [5, 5.41) is 10.4. The Morgan fingerprint density at radius 2 is 1.91 bits per heavy atom. The standard InChI is InChI=1S/C19H29N2O2/c1-14-9-18-19(10-15(14)2)21(13-20(18)3)11-16(22)12-23-17-7-5-4-6-8-17/h9-10,13,16-17,22H,4-8,11-12H2,1-3H3/q+1. The normalized spacial score (nSPS) is 17.7. The van der Waals surface area contributed by atoms with Crippen LogP contribution in [0.2, 0.25) is 0 Å². The molecule has 1 aromatic carbocycles. The van der Waals surface area contributed by atoms with Gasteiger partial charge in [0.2, 0.25) is 6.33 Å². The van der Waals surface area contributed by atoms with Gasteiger partial charge in [-0.2, -0.15) is 0 Å².